The van der Waals surface area contributed by atoms with E-state index in [0.717, 1.165) is 16.8 Å². The molecular formula is C24H27N5O. The Bertz CT molecular complexity index is 1180. The third kappa shape index (κ3) is 3.73. The molecule has 1 atom stereocenters. The zero-order valence-electron chi connectivity index (χ0n) is 18.0. The second-order valence-corrected chi connectivity index (χ2v) is 8.10. The molecule has 3 aromatic rings. The minimum atomic E-state index is -0.490. The average Bonchev–Trinajstić information content (AvgIpc) is 2.70. The Kier molecular flexibility index (Phi) is 5.16. The molecule has 4 rings (SSSR count). The van der Waals surface area contributed by atoms with Crippen LogP contribution in [0.4, 0.5) is 11.6 Å². The lowest BCUT2D eigenvalue weighted by Crippen LogP contribution is -2.37. The number of hydrogen-bond donors (Lipinski definition) is 2. The molecule has 6 heteroatoms. The van der Waals surface area contributed by atoms with Gasteiger partial charge < -0.3 is 5.32 Å². The van der Waals surface area contributed by atoms with Crippen molar-refractivity contribution < 1.29 is 0 Å². The molecule has 0 unspecified atom stereocenters. The molecule has 6 nitrogen and oxygen atoms in total. The first-order valence-electron chi connectivity index (χ1n) is 10.2. The first-order valence-corrected chi connectivity index (χ1v) is 10.2. The first kappa shape index (κ1) is 19.9. The third-order valence-corrected chi connectivity index (χ3v) is 5.57. The molecule has 30 heavy (non-hydrogen) atoms. The monoisotopic (exact) mass is 401 g/mol. The van der Waals surface area contributed by atoms with Crippen LogP contribution in [0.3, 0.4) is 0 Å². The van der Waals surface area contributed by atoms with E-state index in [9.17, 15) is 4.79 Å². The predicted molar refractivity (Wildman–Crippen MR) is 123 cm³/mol. The fraction of sp³-hybridized carbons (Fsp3) is 0.292. The van der Waals surface area contributed by atoms with Crippen molar-refractivity contribution in [1.82, 2.24) is 9.55 Å². The zero-order chi connectivity index (χ0) is 21.4. The van der Waals surface area contributed by atoms with Crippen molar-refractivity contribution in [1.29, 1.82) is 0 Å². The highest BCUT2D eigenvalue weighted by atomic mass is 16.1. The van der Waals surface area contributed by atoms with Crippen LogP contribution < -0.4 is 16.2 Å². The second kappa shape index (κ2) is 7.78. The molecule has 0 aliphatic carbocycles. The Labute approximate surface area is 176 Å². The molecule has 0 saturated heterocycles. The maximum Gasteiger partial charge on any atom is 0.257 e. The summed E-state index contributed by atoms with van der Waals surface area (Å²) in [6.07, 6.45) is -0.490. The van der Waals surface area contributed by atoms with E-state index in [-0.39, 0.29) is 5.56 Å². The normalized spacial score (nSPS) is 15.4. The minimum absolute atomic E-state index is 0.127. The summed E-state index contributed by atoms with van der Waals surface area (Å²) in [5, 5.41) is 6.58. The fourth-order valence-electron chi connectivity index (χ4n) is 3.60. The number of aromatic nitrogens is 2. The van der Waals surface area contributed by atoms with Crippen molar-refractivity contribution in [2.24, 2.45) is 4.99 Å². The SMILES string of the molecule is Cc1cc(=O)n2c(n1)NC(Nc1cccc(C)c1C)=N[C@H]2c1ccc(C(C)C)cc1. The number of rotatable bonds is 3. The Morgan fingerprint density at radius 3 is 2.50 bits per heavy atom. The second-order valence-electron chi connectivity index (χ2n) is 8.10. The van der Waals surface area contributed by atoms with Crippen LogP contribution in [-0.4, -0.2) is 15.5 Å². The zero-order valence-corrected chi connectivity index (χ0v) is 18.0. The minimum Gasteiger partial charge on any atom is -0.326 e. The van der Waals surface area contributed by atoms with Crippen molar-refractivity contribution in [2.45, 2.75) is 46.7 Å². The number of hydrogen-bond acceptors (Lipinski definition) is 5. The Balaban J connectivity index is 1.79. The number of nitrogens with zero attached hydrogens (tertiary/aromatic N) is 3. The molecule has 0 fully saturated rings. The van der Waals surface area contributed by atoms with Gasteiger partial charge in [0.25, 0.3) is 5.56 Å². The predicted octanol–water partition coefficient (Wildman–Crippen LogP) is 4.73. The van der Waals surface area contributed by atoms with E-state index in [1.54, 1.807) is 10.6 Å². The molecule has 2 N–H and O–H groups in total. The standard InChI is InChI=1S/C24H27N5O/c1-14(2)18-9-11-19(12-10-18)22-27-23(26-20-8-6-7-15(3)17(20)5)28-24-25-16(4)13-21(30)29(22)24/h6-14,22H,1-5H3,(H2,25,26,27,28)/t22-/m1/s1. The van der Waals surface area contributed by atoms with E-state index in [1.807, 2.05) is 31.2 Å². The summed E-state index contributed by atoms with van der Waals surface area (Å²) >= 11 is 0. The quantitative estimate of drug-likeness (QED) is 0.665. The molecule has 1 aliphatic rings. The summed E-state index contributed by atoms with van der Waals surface area (Å²) in [6.45, 7) is 10.3. The van der Waals surface area contributed by atoms with E-state index in [0.29, 0.717) is 23.5 Å². The molecular weight excluding hydrogens is 374 g/mol. The molecule has 0 saturated carbocycles. The summed E-state index contributed by atoms with van der Waals surface area (Å²) in [7, 11) is 0. The van der Waals surface area contributed by atoms with Crippen LogP contribution in [0.2, 0.25) is 0 Å². The van der Waals surface area contributed by atoms with Gasteiger partial charge in [-0.05, 0) is 55.0 Å². The molecule has 154 valence electrons. The number of guanidine groups is 1. The highest BCUT2D eigenvalue weighted by Gasteiger charge is 2.25. The van der Waals surface area contributed by atoms with E-state index < -0.39 is 6.17 Å². The van der Waals surface area contributed by atoms with Gasteiger partial charge in [-0.3, -0.25) is 14.7 Å². The summed E-state index contributed by atoms with van der Waals surface area (Å²) in [5.41, 5.74) is 6.05. The van der Waals surface area contributed by atoms with Gasteiger partial charge in [-0.15, -0.1) is 0 Å². The van der Waals surface area contributed by atoms with Gasteiger partial charge in [-0.2, -0.15) is 0 Å². The molecule has 0 amide bonds. The van der Waals surface area contributed by atoms with Gasteiger partial charge >= 0.3 is 0 Å². The van der Waals surface area contributed by atoms with Crippen molar-refractivity contribution in [3.05, 3.63) is 86.8 Å². The largest absolute Gasteiger partial charge is 0.326 e. The topological polar surface area (TPSA) is 71.3 Å². The molecule has 1 aromatic heterocycles. The number of benzene rings is 2. The lowest BCUT2D eigenvalue weighted by Gasteiger charge is -2.27. The van der Waals surface area contributed by atoms with E-state index in [4.69, 9.17) is 4.99 Å². The van der Waals surface area contributed by atoms with Gasteiger partial charge in [0.05, 0.1) is 0 Å². The van der Waals surface area contributed by atoms with Crippen molar-refractivity contribution in [3.8, 4) is 0 Å². The van der Waals surface area contributed by atoms with Crippen LogP contribution in [-0.2, 0) is 0 Å². The van der Waals surface area contributed by atoms with Crippen LogP contribution in [0.5, 0.6) is 0 Å². The van der Waals surface area contributed by atoms with Crippen molar-refractivity contribution in [2.75, 3.05) is 10.6 Å². The molecule has 2 heterocycles. The highest BCUT2D eigenvalue weighted by Crippen LogP contribution is 2.28. The number of aryl methyl sites for hydroxylation is 2. The molecule has 0 radical (unpaired) electrons. The van der Waals surface area contributed by atoms with Gasteiger partial charge in [-0.1, -0.05) is 50.2 Å². The fourth-order valence-corrected chi connectivity index (χ4v) is 3.60. The lowest BCUT2D eigenvalue weighted by molar-refractivity contribution is 0.577. The number of aliphatic imine (C=N–C) groups is 1. The van der Waals surface area contributed by atoms with Crippen LogP contribution in [0.1, 0.15) is 53.9 Å². The van der Waals surface area contributed by atoms with Crippen LogP contribution in [0, 0.1) is 20.8 Å². The summed E-state index contributed by atoms with van der Waals surface area (Å²) in [4.78, 5) is 22.2. The van der Waals surface area contributed by atoms with E-state index in [2.05, 4.69) is 61.5 Å². The Morgan fingerprint density at radius 1 is 1.07 bits per heavy atom. The van der Waals surface area contributed by atoms with Crippen LogP contribution in [0.15, 0.2) is 58.3 Å². The van der Waals surface area contributed by atoms with Gasteiger partial charge in [0.15, 0.2) is 6.17 Å². The smallest absolute Gasteiger partial charge is 0.257 e. The average molecular weight is 402 g/mol. The van der Waals surface area contributed by atoms with Crippen LogP contribution in [0.25, 0.3) is 0 Å². The summed E-state index contributed by atoms with van der Waals surface area (Å²) in [5.74, 6) is 1.50. The first-order chi connectivity index (χ1) is 14.3. The number of nitrogens with one attached hydrogen (secondary N) is 2. The van der Waals surface area contributed by atoms with Gasteiger partial charge in [0, 0.05) is 17.4 Å². The van der Waals surface area contributed by atoms with Gasteiger partial charge in [0.2, 0.25) is 11.9 Å². The van der Waals surface area contributed by atoms with Gasteiger partial charge in [-0.25, -0.2) is 9.98 Å². The Morgan fingerprint density at radius 2 is 1.80 bits per heavy atom. The van der Waals surface area contributed by atoms with Gasteiger partial charge in [0.1, 0.15) is 0 Å². The Hall–Kier alpha value is -3.41. The van der Waals surface area contributed by atoms with Crippen LogP contribution >= 0.6 is 0 Å². The lowest BCUT2D eigenvalue weighted by atomic mass is 10.0. The maximum absolute atomic E-state index is 12.8. The number of anilines is 2. The molecule has 1 aliphatic heterocycles. The van der Waals surface area contributed by atoms with E-state index in [1.165, 1.54) is 11.1 Å². The molecule has 0 spiro atoms. The third-order valence-electron chi connectivity index (χ3n) is 5.57. The molecule has 2 aromatic carbocycles. The summed E-state index contributed by atoms with van der Waals surface area (Å²) < 4.78 is 1.60. The molecule has 0 bridgehead atoms. The maximum atomic E-state index is 12.8. The number of fused-ring (bicyclic) bond motifs is 1. The van der Waals surface area contributed by atoms with Crippen molar-refractivity contribution in [3.63, 3.8) is 0 Å². The summed E-state index contributed by atoms with van der Waals surface area (Å²) in [6, 6.07) is 15.9. The van der Waals surface area contributed by atoms with Crippen molar-refractivity contribution >= 4 is 17.6 Å². The van der Waals surface area contributed by atoms with E-state index >= 15 is 0 Å². The highest BCUT2D eigenvalue weighted by molar-refractivity contribution is 6.04.